The molecule has 0 atom stereocenters. The zero-order valence-corrected chi connectivity index (χ0v) is 19.1. The number of hydrogen-bond donors (Lipinski definition) is 2. The molecular formula is C27H39N3O. The lowest BCUT2D eigenvalue weighted by atomic mass is 9.86. The molecule has 0 radical (unpaired) electrons. The van der Waals surface area contributed by atoms with Crippen LogP contribution in [0.5, 0.6) is 5.75 Å². The monoisotopic (exact) mass is 421 g/mol. The minimum absolute atomic E-state index is 0.590. The lowest BCUT2D eigenvalue weighted by molar-refractivity contribution is 0.129. The molecule has 2 aromatic carbocycles. The maximum atomic E-state index is 6.42. The van der Waals surface area contributed by atoms with Gasteiger partial charge in [-0.15, -0.1) is 0 Å². The topological polar surface area (TPSA) is 50.5 Å². The van der Waals surface area contributed by atoms with Gasteiger partial charge >= 0.3 is 0 Å². The minimum Gasteiger partial charge on any atom is -0.497 e. The Kier molecular flexibility index (Phi) is 7.74. The van der Waals surface area contributed by atoms with E-state index in [1.165, 1.54) is 82.0 Å². The molecule has 2 aromatic rings. The summed E-state index contributed by atoms with van der Waals surface area (Å²) in [6.07, 6.45) is 12.4. The maximum absolute atomic E-state index is 6.42. The third kappa shape index (κ3) is 5.74. The fraction of sp³-hybridized carbons (Fsp3) is 0.556. The van der Waals surface area contributed by atoms with Gasteiger partial charge in [0.2, 0.25) is 0 Å². The molecule has 31 heavy (non-hydrogen) atoms. The van der Waals surface area contributed by atoms with Crippen LogP contribution >= 0.6 is 0 Å². The molecule has 0 bridgehead atoms. The highest BCUT2D eigenvalue weighted by atomic mass is 16.5. The normalized spacial score (nSPS) is 19.5. The van der Waals surface area contributed by atoms with Crippen molar-refractivity contribution in [3.8, 4) is 5.75 Å². The zero-order valence-electron chi connectivity index (χ0n) is 19.1. The molecule has 4 rings (SSSR count). The van der Waals surface area contributed by atoms with Crippen LogP contribution < -0.4 is 15.8 Å². The molecule has 1 aliphatic carbocycles. The third-order valence-corrected chi connectivity index (χ3v) is 7.32. The predicted molar refractivity (Wildman–Crippen MR) is 131 cm³/mol. The molecule has 2 fully saturated rings. The van der Waals surface area contributed by atoms with E-state index in [9.17, 15) is 0 Å². The Bertz CT molecular complexity index is 804. The molecule has 168 valence electrons. The van der Waals surface area contributed by atoms with E-state index < -0.39 is 0 Å². The molecule has 1 saturated carbocycles. The highest BCUT2D eigenvalue weighted by molar-refractivity contribution is 5.71. The molecule has 4 nitrogen and oxygen atoms in total. The molecule has 1 aliphatic heterocycles. The first-order valence-electron chi connectivity index (χ1n) is 12.2. The van der Waals surface area contributed by atoms with Crippen molar-refractivity contribution in [2.75, 3.05) is 31.2 Å². The molecule has 1 heterocycles. The SMILES string of the molecule is COc1ccc(CNc2c(N)cccc2C2CCN(C3CCCCCCC3)CC2)cc1. The Morgan fingerprint density at radius 1 is 0.903 bits per heavy atom. The maximum Gasteiger partial charge on any atom is 0.118 e. The number of rotatable bonds is 6. The number of piperidine rings is 1. The van der Waals surface area contributed by atoms with Gasteiger partial charge in [0.1, 0.15) is 5.75 Å². The molecule has 0 unspecified atom stereocenters. The summed E-state index contributed by atoms with van der Waals surface area (Å²) in [5.74, 6) is 1.48. The fourth-order valence-electron chi connectivity index (χ4n) is 5.44. The second-order valence-electron chi connectivity index (χ2n) is 9.32. The zero-order chi connectivity index (χ0) is 21.5. The quantitative estimate of drug-likeness (QED) is 0.547. The van der Waals surface area contributed by atoms with E-state index in [0.29, 0.717) is 5.92 Å². The van der Waals surface area contributed by atoms with Gasteiger partial charge in [-0.25, -0.2) is 0 Å². The van der Waals surface area contributed by atoms with E-state index in [4.69, 9.17) is 10.5 Å². The highest BCUT2D eigenvalue weighted by Gasteiger charge is 2.27. The van der Waals surface area contributed by atoms with E-state index >= 15 is 0 Å². The Hall–Kier alpha value is -2.20. The number of hydrogen-bond acceptors (Lipinski definition) is 4. The first-order chi connectivity index (χ1) is 15.2. The first-order valence-corrected chi connectivity index (χ1v) is 12.2. The van der Waals surface area contributed by atoms with Gasteiger partial charge in [0, 0.05) is 12.6 Å². The summed E-state index contributed by atoms with van der Waals surface area (Å²) in [6.45, 7) is 3.22. The van der Waals surface area contributed by atoms with Crippen molar-refractivity contribution in [1.29, 1.82) is 0 Å². The number of anilines is 2. The van der Waals surface area contributed by atoms with Gasteiger partial charge in [-0.3, -0.25) is 0 Å². The van der Waals surface area contributed by atoms with Gasteiger partial charge in [-0.2, -0.15) is 0 Å². The van der Waals surface area contributed by atoms with Crippen LogP contribution in [0.15, 0.2) is 42.5 Å². The van der Waals surface area contributed by atoms with Gasteiger partial charge in [0.15, 0.2) is 0 Å². The average Bonchev–Trinajstić information content (AvgIpc) is 2.78. The van der Waals surface area contributed by atoms with Crippen LogP contribution in [0, 0.1) is 0 Å². The van der Waals surface area contributed by atoms with Crippen molar-refractivity contribution in [1.82, 2.24) is 4.90 Å². The first kappa shape index (κ1) is 22.0. The summed E-state index contributed by atoms with van der Waals surface area (Å²) in [5, 5.41) is 3.64. The van der Waals surface area contributed by atoms with Gasteiger partial charge in [-0.05, 0) is 74.0 Å². The molecule has 0 aromatic heterocycles. The van der Waals surface area contributed by atoms with E-state index in [0.717, 1.165) is 29.7 Å². The van der Waals surface area contributed by atoms with Crippen molar-refractivity contribution >= 4 is 11.4 Å². The lowest BCUT2D eigenvalue weighted by Gasteiger charge is -2.39. The second-order valence-corrected chi connectivity index (χ2v) is 9.32. The Labute approximate surface area is 188 Å². The number of para-hydroxylation sites is 1. The number of likely N-dealkylation sites (tertiary alicyclic amines) is 1. The van der Waals surface area contributed by atoms with Gasteiger partial charge in [0.25, 0.3) is 0 Å². The van der Waals surface area contributed by atoms with Crippen molar-refractivity contribution in [3.05, 3.63) is 53.6 Å². The number of nitrogens with one attached hydrogen (secondary N) is 1. The summed E-state index contributed by atoms with van der Waals surface area (Å²) in [5.41, 5.74) is 11.0. The van der Waals surface area contributed by atoms with Crippen molar-refractivity contribution in [2.45, 2.75) is 76.3 Å². The summed E-state index contributed by atoms with van der Waals surface area (Å²) < 4.78 is 5.27. The minimum atomic E-state index is 0.590. The Morgan fingerprint density at radius 2 is 1.58 bits per heavy atom. The van der Waals surface area contributed by atoms with Crippen molar-refractivity contribution < 1.29 is 4.74 Å². The number of nitrogens with zero attached hydrogens (tertiary/aromatic N) is 1. The largest absolute Gasteiger partial charge is 0.497 e. The predicted octanol–water partition coefficient (Wildman–Crippen LogP) is 6.18. The van der Waals surface area contributed by atoms with Gasteiger partial charge < -0.3 is 20.7 Å². The van der Waals surface area contributed by atoms with E-state index in [1.807, 2.05) is 18.2 Å². The van der Waals surface area contributed by atoms with Crippen LogP contribution in [-0.4, -0.2) is 31.1 Å². The molecule has 0 amide bonds. The Morgan fingerprint density at radius 3 is 2.26 bits per heavy atom. The number of nitrogens with two attached hydrogens (primary N) is 1. The number of nitrogen functional groups attached to an aromatic ring is 1. The molecule has 4 heteroatoms. The van der Waals surface area contributed by atoms with Crippen molar-refractivity contribution in [3.63, 3.8) is 0 Å². The van der Waals surface area contributed by atoms with E-state index in [1.54, 1.807) is 7.11 Å². The van der Waals surface area contributed by atoms with Gasteiger partial charge in [0.05, 0.1) is 18.5 Å². The third-order valence-electron chi connectivity index (χ3n) is 7.32. The van der Waals surface area contributed by atoms with E-state index in [-0.39, 0.29) is 0 Å². The molecule has 3 N–H and O–H groups in total. The van der Waals surface area contributed by atoms with Crippen LogP contribution in [0.3, 0.4) is 0 Å². The number of ether oxygens (including phenoxy) is 1. The molecule has 1 saturated heterocycles. The van der Waals surface area contributed by atoms with Crippen LogP contribution in [-0.2, 0) is 6.54 Å². The van der Waals surface area contributed by atoms with Gasteiger partial charge in [-0.1, -0.05) is 56.4 Å². The van der Waals surface area contributed by atoms with Crippen LogP contribution in [0.25, 0.3) is 0 Å². The smallest absolute Gasteiger partial charge is 0.118 e. The second kappa shape index (κ2) is 10.9. The van der Waals surface area contributed by atoms with Crippen LogP contribution in [0.1, 0.15) is 74.8 Å². The summed E-state index contributed by atoms with van der Waals surface area (Å²) >= 11 is 0. The highest BCUT2D eigenvalue weighted by Crippen LogP contribution is 2.37. The van der Waals surface area contributed by atoms with Crippen LogP contribution in [0.4, 0.5) is 11.4 Å². The molecule has 2 aliphatic rings. The van der Waals surface area contributed by atoms with Crippen LogP contribution in [0.2, 0.25) is 0 Å². The van der Waals surface area contributed by atoms with Crippen molar-refractivity contribution in [2.24, 2.45) is 0 Å². The molecular weight excluding hydrogens is 382 g/mol. The Balaban J connectivity index is 1.38. The van der Waals surface area contributed by atoms with E-state index in [2.05, 4.69) is 34.5 Å². The summed E-state index contributed by atoms with van der Waals surface area (Å²) in [6, 6.07) is 15.5. The summed E-state index contributed by atoms with van der Waals surface area (Å²) in [7, 11) is 1.70. The average molecular weight is 422 g/mol. The fourth-order valence-corrected chi connectivity index (χ4v) is 5.44. The summed E-state index contributed by atoms with van der Waals surface area (Å²) in [4.78, 5) is 2.79. The number of methoxy groups -OCH3 is 1. The molecule has 0 spiro atoms. The lowest BCUT2D eigenvalue weighted by Crippen LogP contribution is -2.41. The standard InChI is InChI=1S/C27H39N3O/c1-31-24-14-12-21(13-15-24)20-29-27-25(10-7-11-26(27)28)22-16-18-30(19-17-22)23-8-5-3-2-4-6-9-23/h7,10-15,22-23,29H,2-6,8-9,16-20,28H2,1H3. The number of benzene rings is 2.